The van der Waals surface area contributed by atoms with Crippen molar-refractivity contribution in [2.24, 2.45) is 0 Å². The number of carbonyl (C=O) groups excluding carboxylic acids is 2. The second kappa shape index (κ2) is 12.3. The minimum atomic E-state index is -3.77. The lowest BCUT2D eigenvalue weighted by Crippen LogP contribution is -2.55. The maximum atomic E-state index is 13.7. The van der Waals surface area contributed by atoms with E-state index >= 15 is 0 Å². The van der Waals surface area contributed by atoms with Gasteiger partial charge in [0.15, 0.2) is 0 Å². The molecule has 36 heavy (non-hydrogen) atoms. The standard InChI is InChI=1S/C27H39N3O5S/c1-8-20-13-15-22(16-14-20)30(36(7,33)34)19-25(31)29(18-21-11-10-12-23(17-21)35-6)24(9-2)26(32)28-27(3,4)5/h10-17,24H,8-9,18-19H2,1-7H3,(H,28,32). The third-order valence-corrected chi connectivity index (χ3v) is 6.82. The molecule has 0 heterocycles. The molecule has 1 N–H and O–H groups in total. The van der Waals surface area contributed by atoms with E-state index in [0.717, 1.165) is 28.1 Å². The topological polar surface area (TPSA) is 96.0 Å². The van der Waals surface area contributed by atoms with Crippen molar-refractivity contribution in [3.05, 3.63) is 59.7 Å². The van der Waals surface area contributed by atoms with Crippen LogP contribution in [0.15, 0.2) is 48.5 Å². The van der Waals surface area contributed by atoms with Crippen molar-refractivity contribution in [1.29, 1.82) is 0 Å². The first-order valence-electron chi connectivity index (χ1n) is 12.1. The molecule has 0 saturated carbocycles. The molecular weight excluding hydrogens is 478 g/mol. The van der Waals surface area contributed by atoms with Crippen molar-refractivity contribution < 1.29 is 22.7 Å². The summed E-state index contributed by atoms with van der Waals surface area (Å²) < 4.78 is 31.8. The van der Waals surface area contributed by atoms with Crippen LogP contribution in [0, 0.1) is 0 Å². The Morgan fingerprint density at radius 2 is 1.67 bits per heavy atom. The van der Waals surface area contributed by atoms with Crippen molar-refractivity contribution >= 4 is 27.5 Å². The number of amides is 2. The fourth-order valence-corrected chi connectivity index (χ4v) is 4.70. The number of carbonyl (C=O) groups is 2. The number of sulfonamides is 1. The summed E-state index contributed by atoms with van der Waals surface area (Å²) in [4.78, 5) is 28.4. The highest BCUT2D eigenvalue weighted by molar-refractivity contribution is 7.92. The Balaban J connectivity index is 2.46. The summed E-state index contributed by atoms with van der Waals surface area (Å²) >= 11 is 0. The molecule has 2 aromatic rings. The van der Waals surface area contributed by atoms with Crippen LogP contribution < -0.4 is 14.4 Å². The average Bonchev–Trinajstić information content (AvgIpc) is 2.80. The van der Waals surface area contributed by atoms with Crippen molar-refractivity contribution in [1.82, 2.24) is 10.2 Å². The summed E-state index contributed by atoms with van der Waals surface area (Å²) in [7, 11) is -2.21. The molecule has 2 aromatic carbocycles. The monoisotopic (exact) mass is 517 g/mol. The van der Waals surface area contributed by atoms with Gasteiger partial charge in [-0.15, -0.1) is 0 Å². The molecule has 0 aromatic heterocycles. The molecule has 1 atom stereocenters. The molecule has 2 amide bonds. The van der Waals surface area contributed by atoms with Gasteiger partial charge in [0.25, 0.3) is 0 Å². The highest BCUT2D eigenvalue weighted by Crippen LogP contribution is 2.22. The van der Waals surface area contributed by atoms with Crippen LogP contribution in [0.1, 0.15) is 52.2 Å². The van der Waals surface area contributed by atoms with Crippen LogP contribution in [0.2, 0.25) is 0 Å². The van der Waals surface area contributed by atoms with Gasteiger partial charge >= 0.3 is 0 Å². The molecule has 0 aliphatic rings. The SMILES string of the molecule is CCc1ccc(N(CC(=O)N(Cc2cccc(OC)c2)C(CC)C(=O)NC(C)(C)C)S(C)(=O)=O)cc1. The van der Waals surface area contributed by atoms with Gasteiger partial charge in [-0.25, -0.2) is 8.42 Å². The maximum absolute atomic E-state index is 13.7. The number of aryl methyl sites for hydroxylation is 1. The second-order valence-electron chi connectivity index (χ2n) is 9.83. The first kappa shape index (κ1) is 29.2. The lowest BCUT2D eigenvalue weighted by atomic mass is 10.1. The van der Waals surface area contributed by atoms with E-state index in [1.807, 2.05) is 58.9 Å². The number of nitrogens with zero attached hydrogens (tertiary/aromatic N) is 2. The van der Waals surface area contributed by atoms with Gasteiger partial charge in [-0.3, -0.25) is 13.9 Å². The number of hydrogen-bond donors (Lipinski definition) is 1. The van der Waals surface area contributed by atoms with Gasteiger partial charge in [-0.05, 0) is 69.0 Å². The second-order valence-corrected chi connectivity index (χ2v) is 11.7. The fourth-order valence-electron chi connectivity index (χ4n) is 3.85. The number of hydrogen-bond acceptors (Lipinski definition) is 5. The number of ether oxygens (including phenoxy) is 1. The molecular formula is C27H39N3O5S. The highest BCUT2D eigenvalue weighted by Gasteiger charge is 2.33. The molecule has 0 aliphatic carbocycles. The molecule has 9 heteroatoms. The van der Waals surface area contributed by atoms with Crippen LogP contribution >= 0.6 is 0 Å². The average molecular weight is 518 g/mol. The lowest BCUT2D eigenvalue weighted by molar-refractivity contribution is -0.141. The number of nitrogens with one attached hydrogen (secondary N) is 1. The Kier molecular flexibility index (Phi) is 9.93. The number of anilines is 1. The summed E-state index contributed by atoms with van der Waals surface area (Å²) in [6, 6.07) is 13.5. The van der Waals surface area contributed by atoms with E-state index in [1.54, 1.807) is 31.4 Å². The summed E-state index contributed by atoms with van der Waals surface area (Å²) in [5.74, 6) is -0.140. The summed E-state index contributed by atoms with van der Waals surface area (Å²) in [5, 5.41) is 2.95. The van der Waals surface area contributed by atoms with Crippen molar-refractivity contribution in [3.63, 3.8) is 0 Å². The van der Waals surface area contributed by atoms with Gasteiger partial charge in [-0.2, -0.15) is 0 Å². The minimum absolute atomic E-state index is 0.123. The Bertz CT molecular complexity index is 1140. The van der Waals surface area contributed by atoms with Gasteiger partial charge in [0.2, 0.25) is 21.8 Å². The summed E-state index contributed by atoms with van der Waals surface area (Å²) in [6.45, 7) is 9.16. The van der Waals surface area contributed by atoms with E-state index in [1.165, 1.54) is 4.90 Å². The molecule has 0 saturated heterocycles. The minimum Gasteiger partial charge on any atom is -0.497 e. The largest absolute Gasteiger partial charge is 0.497 e. The zero-order valence-electron chi connectivity index (χ0n) is 22.4. The van der Waals surface area contributed by atoms with Gasteiger partial charge in [0.1, 0.15) is 18.3 Å². The maximum Gasteiger partial charge on any atom is 0.244 e. The van der Waals surface area contributed by atoms with Crippen LogP contribution in [-0.4, -0.2) is 56.6 Å². The first-order chi connectivity index (χ1) is 16.8. The van der Waals surface area contributed by atoms with E-state index < -0.39 is 34.1 Å². The zero-order chi connectivity index (χ0) is 27.1. The number of methoxy groups -OCH3 is 1. The first-order valence-corrected chi connectivity index (χ1v) is 13.9. The van der Waals surface area contributed by atoms with Crippen LogP contribution in [0.25, 0.3) is 0 Å². The Labute approximate surface area is 215 Å². The lowest BCUT2D eigenvalue weighted by Gasteiger charge is -2.34. The van der Waals surface area contributed by atoms with Gasteiger partial charge in [0.05, 0.1) is 19.1 Å². The molecule has 0 bridgehead atoms. The molecule has 2 rings (SSSR count). The third-order valence-electron chi connectivity index (χ3n) is 5.68. The van der Waals surface area contributed by atoms with Gasteiger partial charge < -0.3 is 15.0 Å². The molecule has 198 valence electrons. The summed E-state index contributed by atoms with van der Waals surface area (Å²) in [6.07, 6.45) is 2.25. The Morgan fingerprint density at radius 1 is 1.03 bits per heavy atom. The van der Waals surface area contributed by atoms with Gasteiger partial charge in [-0.1, -0.05) is 38.1 Å². The van der Waals surface area contributed by atoms with E-state index in [4.69, 9.17) is 4.74 Å². The molecule has 0 fully saturated rings. The molecule has 0 radical (unpaired) electrons. The fraction of sp³-hybridized carbons (Fsp3) is 0.481. The highest BCUT2D eigenvalue weighted by atomic mass is 32.2. The normalized spacial score (nSPS) is 12.5. The van der Waals surface area contributed by atoms with Crippen molar-refractivity contribution in [3.8, 4) is 5.75 Å². The quantitative estimate of drug-likeness (QED) is 0.490. The number of rotatable bonds is 11. The molecule has 8 nitrogen and oxygen atoms in total. The number of benzene rings is 2. The Morgan fingerprint density at radius 3 is 2.17 bits per heavy atom. The van der Waals surface area contributed by atoms with Crippen LogP contribution in [0.4, 0.5) is 5.69 Å². The molecule has 0 aliphatic heterocycles. The summed E-state index contributed by atoms with van der Waals surface area (Å²) in [5.41, 5.74) is 1.73. The Hall–Kier alpha value is -3.07. The van der Waals surface area contributed by atoms with Crippen molar-refractivity contribution in [2.75, 3.05) is 24.2 Å². The van der Waals surface area contributed by atoms with E-state index in [9.17, 15) is 18.0 Å². The van der Waals surface area contributed by atoms with E-state index in [-0.39, 0.29) is 12.5 Å². The van der Waals surface area contributed by atoms with Gasteiger partial charge in [0, 0.05) is 12.1 Å². The smallest absolute Gasteiger partial charge is 0.244 e. The molecule has 0 spiro atoms. The van der Waals surface area contributed by atoms with Crippen LogP contribution in [-0.2, 0) is 32.6 Å². The van der Waals surface area contributed by atoms with Crippen molar-refractivity contribution in [2.45, 2.75) is 65.6 Å². The van der Waals surface area contributed by atoms with E-state index in [0.29, 0.717) is 17.9 Å². The van der Waals surface area contributed by atoms with Crippen LogP contribution in [0.5, 0.6) is 5.75 Å². The zero-order valence-corrected chi connectivity index (χ0v) is 23.2. The van der Waals surface area contributed by atoms with Crippen LogP contribution in [0.3, 0.4) is 0 Å². The van der Waals surface area contributed by atoms with E-state index in [2.05, 4.69) is 5.32 Å². The third kappa shape index (κ3) is 8.26. The predicted octanol–water partition coefficient (Wildman–Crippen LogP) is 3.75. The molecule has 1 unspecified atom stereocenters. The predicted molar refractivity (Wildman–Crippen MR) is 144 cm³/mol.